The molecule has 4 aromatic rings. The van der Waals surface area contributed by atoms with Crippen LogP contribution in [0, 0.1) is 0 Å². The van der Waals surface area contributed by atoms with Gasteiger partial charge in [0.2, 0.25) is 0 Å². The van der Waals surface area contributed by atoms with E-state index >= 15 is 0 Å². The van der Waals surface area contributed by atoms with E-state index < -0.39 is 0 Å². The van der Waals surface area contributed by atoms with Crippen molar-refractivity contribution in [3.8, 4) is 11.1 Å². The lowest BCUT2D eigenvalue weighted by atomic mass is 10.1. The summed E-state index contributed by atoms with van der Waals surface area (Å²) in [6, 6.07) is 19.6. The summed E-state index contributed by atoms with van der Waals surface area (Å²) in [5.41, 5.74) is 6.56. The van der Waals surface area contributed by atoms with Gasteiger partial charge in [-0.25, -0.2) is 0 Å². The van der Waals surface area contributed by atoms with Crippen LogP contribution in [0.25, 0.3) is 33.1 Å². The zero-order valence-corrected chi connectivity index (χ0v) is 16.7. The maximum absolute atomic E-state index is 2.52. The minimum atomic E-state index is -0.00501. The second kappa shape index (κ2) is 5.51. The minimum absolute atomic E-state index is 0.00501. The van der Waals surface area contributed by atoms with Crippen LogP contribution in [0.5, 0.6) is 0 Å². The second-order valence-corrected chi connectivity index (χ2v) is 9.17. The molecule has 26 heavy (non-hydrogen) atoms. The number of hydrogen-bond donors (Lipinski definition) is 0. The molecule has 0 spiro atoms. The van der Waals surface area contributed by atoms with Crippen molar-refractivity contribution >= 4 is 21.9 Å². The second-order valence-electron chi connectivity index (χ2n) is 9.17. The maximum atomic E-state index is 2.52. The topological polar surface area (TPSA) is 9.86 Å². The molecule has 0 radical (unpaired) electrons. The molecular weight excluding hydrogens is 316 g/mol. The molecule has 0 aliphatic rings. The van der Waals surface area contributed by atoms with Crippen molar-refractivity contribution in [2.45, 2.75) is 52.6 Å². The first-order valence-electron chi connectivity index (χ1n) is 9.40. The summed E-state index contributed by atoms with van der Waals surface area (Å²) in [7, 11) is 0. The number of aromatic nitrogens is 2. The molecule has 0 atom stereocenters. The van der Waals surface area contributed by atoms with E-state index in [4.69, 9.17) is 0 Å². The van der Waals surface area contributed by atoms with Crippen LogP contribution in [0.4, 0.5) is 0 Å². The Labute approximate surface area is 156 Å². The van der Waals surface area contributed by atoms with Gasteiger partial charge in [0.25, 0.3) is 0 Å². The van der Waals surface area contributed by atoms with E-state index in [0.717, 1.165) is 0 Å². The van der Waals surface area contributed by atoms with Crippen molar-refractivity contribution in [1.29, 1.82) is 0 Å². The number of rotatable bonds is 1. The van der Waals surface area contributed by atoms with Crippen LogP contribution in [-0.4, -0.2) is 9.13 Å². The largest absolute Gasteiger partial charge is 0.340 e. The summed E-state index contributed by atoms with van der Waals surface area (Å²) < 4.78 is 4.97. The molecule has 0 aliphatic carbocycles. The Morgan fingerprint density at radius 1 is 0.654 bits per heavy atom. The summed E-state index contributed by atoms with van der Waals surface area (Å²) in [5.74, 6) is 0. The van der Waals surface area contributed by atoms with E-state index in [0.29, 0.717) is 0 Å². The number of nitrogens with zero attached hydrogens (tertiary/aromatic N) is 2. The van der Waals surface area contributed by atoms with Crippen molar-refractivity contribution in [2.75, 3.05) is 0 Å². The molecule has 2 nitrogen and oxygen atoms in total. The van der Waals surface area contributed by atoms with Gasteiger partial charge in [0.15, 0.2) is 0 Å². The van der Waals surface area contributed by atoms with Crippen molar-refractivity contribution in [3.05, 3.63) is 60.8 Å². The average molecular weight is 345 g/mol. The molecule has 2 heterocycles. The number of fused-ring (bicyclic) bond motifs is 3. The van der Waals surface area contributed by atoms with Gasteiger partial charge in [-0.3, -0.25) is 0 Å². The highest BCUT2D eigenvalue weighted by Gasteiger charge is 2.28. The Kier molecular flexibility index (Phi) is 3.59. The molecule has 0 saturated heterocycles. The van der Waals surface area contributed by atoms with E-state index in [9.17, 15) is 0 Å². The van der Waals surface area contributed by atoms with E-state index in [1.165, 1.54) is 33.1 Å². The summed E-state index contributed by atoms with van der Waals surface area (Å²) in [6.07, 6.45) is 2.34. The van der Waals surface area contributed by atoms with Gasteiger partial charge in [-0.05, 0) is 53.2 Å². The molecular formula is C24H28N2. The fraction of sp³-hybridized carbons (Fsp3) is 0.333. The Bertz CT molecular complexity index is 1080. The van der Waals surface area contributed by atoms with Gasteiger partial charge in [-0.2, -0.15) is 0 Å². The lowest BCUT2D eigenvalue weighted by Crippen LogP contribution is -2.21. The van der Waals surface area contributed by atoms with Gasteiger partial charge in [-0.15, -0.1) is 0 Å². The van der Waals surface area contributed by atoms with Gasteiger partial charge >= 0.3 is 0 Å². The molecule has 0 fully saturated rings. The Morgan fingerprint density at radius 3 is 1.88 bits per heavy atom. The Morgan fingerprint density at radius 2 is 1.27 bits per heavy atom. The SMILES string of the molecule is CC(C)(C)n1cc(-c2ccccc2)c2c1c1ccccc1n2C(C)(C)C. The van der Waals surface area contributed by atoms with E-state index in [-0.39, 0.29) is 11.1 Å². The van der Waals surface area contributed by atoms with Gasteiger partial charge in [0.05, 0.1) is 16.6 Å². The van der Waals surface area contributed by atoms with Crippen LogP contribution in [0.3, 0.4) is 0 Å². The first kappa shape index (κ1) is 17.0. The molecule has 0 bridgehead atoms. The number of benzene rings is 2. The van der Waals surface area contributed by atoms with Crippen LogP contribution < -0.4 is 0 Å². The quantitative estimate of drug-likeness (QED) is 0.360. The third-order valence-electron chi connectivity index (χ3n) is 5.08. The van der Waals surface area contributed by atoms with Crippen molar-refractivity contribution in [2.24, 2.45) is 0 Å². The summed E-state index contributed by atoms with van der Waals surface area (Å²) in [6.45, 7) is 13.7. The summed E-state index contributed by atoms with van der Waals surface area (Å²) in [4.78, 5) is 0. The smallest absolute Gasteiger partial charge is 0.0758 e. The van der Waals surface area contributed by atoms with Crippen molar-refractivity contribution < 1.29 is 0 Å². The lowest BCUT2D eigenvalue weighted by molar-refractivity contribution is 0.410. The third-order valence-corrected chi connectivity index (χ3v) is 5.08. The van der Waals surface area contributed by atoms with Gasteiger partial charge in [-0.1, -0.05) is 48.5 Å². The molecule has 4 rings (SSSR count). The average Bonchev–Trinajstić information content (AvgIpc) is 3.10. The highest BCUT2D eigenvalue weighted by atomic mass is 15.1. The zero-order chi connectivity index (χ0) is 18.7. The molecule has 2 heteroatoms. The first-order valence-corrected chi connectivity index (χ1v) is 9.40. The van der Waals surface area contributed by atoms with Crippen LogP contribution in [-0.2, 0) is 11.1 Å². The number of para-hydroxylation sites is 1. The monoisotopic (exact) mass is 344 g/mol. The van der Waals surface area contributed by atoms with Crippen molar-refractivity contribution in [1.82, 2.24) is 9.13 Å². The normalized spacial score (nSPS) is 13.0. The van der Waals surface area contributed by atoms with Crippen molar-refractivity contribution in [3.63, 3.8) is 0 Å². The lowest BCUT2D eigenvalue weighted by Gasteiger charge is -2.24. The molecule has 0 amide bonds. The minimum Gasteiger partial charge on any atom is -0.340 e. The Hall–Kier alpha value is -2.48. The maximum Gasteiger partial charge on any atom is 0.0758 e. The summed E-state index contributed by atoms with van der Waals surface area (Å²) >= 11 is 0. The molecule has 0 unspecified atom stereocenters. The molecule has 2 aromatic heterocycles. The molecule has 0 saturated carbocycles. The molecule has 0 aliphatic heterocycles. The third kappa shape index (κ3) is 2.47. The highest BCUT2D eigenvalue weighted by Crippen LogP contribution is 2.42. The first-order chi connectivity index (χ1) is 12.2. The molecule has 0 N–H and O–H groups in total. The van der Waals surface area contributed by atoms with E-state index in [1.54, 1.807) is 0 Å². The molecule has 2 aromatic carbocycles. The van der Waals surface area contributed by atoms with Crippen LogP contribution >= 0.6 is 0 Å². The highest BCUT2D eigenvalue weighted by molar-refractivity contribution is 6.12. The van der Waals surface area contributed by atoms with Gasteiger partial charge in [0, 0.05) is 28.2 Å². The standard InChI is InChI=1S/C24H28N2/c1-23(2,3)25-16-19(17-12-8-7-9-13-17)22-21(25)18-14-10-11-15-20(18)26(22)24(4,5)6/h7-16H,1-6H3. The van der Waals surface area contributed by atoms with Crippen LogP contribution in [0.15, 0.2) is 60.8 Å². The predicted molar refractivity (Wildman–Crippen MR) is 113 cm³/mol. The predicted octanol–water partition coefficient (Wildman–Crippen LogP) is 6.77. The van der Waals surface area contributed by atoms with Crippen LogP contribution in [0.2, 0.25) is 0 Å². The van der Waals surface area contributed by atoms with E-state index in [2.05, 4.69) is 111 Å². The van der Waals surface area contributed by atoms with Gasteiger partial charge in [0.1, 0.15) is 0 Å². The zero-order valence-electron chi connectivity index (χ0n) is 16.7. The number of hydrogen-bond acceptors (Lipinski definition) is 0. The van der Waals surface area contributed by atoms with Crippen LogP contribution in [0.1, 0.15) is 41.5 Å². The Balaban J connectivity index is 2.27. The summed E-state index contributed by atoms with van der Waals surface area (Å²) in [5, 5.41) is 1.33. The molecule has 134 valence electrons. The fourth-order valence-corrected chi connectivity index (χ4v) is 4.02. The fourth-order valence-electron chi connectivity index (χ4n) is 4.02. The van der Waals surface area contributed by atoms with E-state index in [1.807, 2.05) is 0 Å². The van der Waals surface area contributed by atoms with Gasteiger partial charge < -0.3 is 9.13 Å².